The number of carboxylic acid groups (broad SMARTS) is 1. The molecule has 3 rings (SSSR count). The van der Waals surface area contributed by atoms with Gasteiger partial charge in [-0.3, -0.25) is 9.48 Å². The minimum Gasteiger partial charge on any atom is -0.478 e. The summed E-state index contributed by atoms with van der Waals surface area (Å²) in [6.45, 7) is 1.46. The van der Waals surface area contributed by atoms with E-state index in [0.717, 1.165) is 19.2 Å². The van der Waals surface area contributed by atoms with Gasteiger partial charge in [-0.2, -0.15) is 18.3 Å². The van der Waals surface area contributed by atoms with E-state index in [4.69, 9.17) is 28.3 Å². The first-order chi connectivity index (χ1) is 16.3. The van der Waals surface area contributed by atoms with E-state index >= 15 is 0 Å². The number of amides is 1. The highest BCUT2D eigenvalue weighted by Crippen LogP contribution is 2.34. The van der Waals surface area contributed by atoms with E-state index < -0.39 is 41.2 Å². The number of hydrogen-bond donors (Lipinski definition) is 2. The predicted octanol–water partition coefficient (Wildman–Crippen LogP) is 5.65. The fourth-order valence-electron chi connectivity index (χ4n) is 3.62. The maximum absolute atomic E-state index is 14.1. The molecule has 0 saturated carbocycles. The number of halogens is 6. The average Bonchev–Trinajstić information content (AvgIpc) is 2.94. The van der Waals surface area contributed by atoms with Crippen LogP contribution in [0.15, 0.2) is 53.4 Å². The number of allylic oxidation sites excluding steroid dienone is 3. The Bertz CT molecular complexity index is 1280. The zero-order valence-corrected chi connectivity index (χ0v) is 19.9. The molecule has 1 heterocycles. The van der Waals surface area contributed by atoms with E-state index in [2.05, 4.69) is 10.4 Å². The number of rotatable bonds is 6. The molecule has 12 heteroatoms. The number of carboxylic acids is 1. The van der Waals surface area contributed by atoms with Crippen molar-refractivity contribution in [2.75, 3.05) is 0 Å². The zero-order valence-electron chi connectivity index (χ0n) is 18.4. The lowest BCUT2D eigenvalue weighted by atomic mass is 10.0. The standard InChI is InChI=1S/C23H19Cl2F4N3O3/c1-11(13-4-5-14(22(34)35)10-15(26)9-13)30-21(33)19-18(31-32(2)20(19)23(27,28)29)8-12-3-6-16(24)17(25)7-12/h3-7,10-11H,8-9H2,1-2H3,(H,30,33)(H,34,35). The maximum atomic E-state index is 14.1. The number of nitrogens with zero attached hydrogens (tertiary/aromatic N) is 2. The fraction of sp³-hybridized carbons (Fsp3) is 0.261. The van der Waals surface area contributed by atoms with Crippen molar-refractivity contribution in [3.8, 4) is 0 Å². The van der Waals surface area contributed by atoms with Crippen LogP contribution in [0.3, 0.4) is 0 Å². The van der Waals surface area contributed by atoms with E-state index in [1.165, 1.54) is 25.1 Å². The van der Waals surface area contributed by atoms with Crippen molar-refractivity contribution < 1.29 is 32.3 Å². The molecule has 0 saturated heterocycles. The van der Waals surface area contributed by atoms with Crippen molar-refractivity contribution in [2.24, 2.45) is 7.05 Å². The highest BCUT2D eigenvalue weighted by molar-refractivity contribution is 6.42. The molecule has 1 aliphatic rings. The molecule has 1 aliphatic carbocycles. The summed E-state index contributed by atoms with van der Waals surface area (Å²) in [5, 5.41) is 15.9. The lowest BCUT2D eigenvalue weighted by molar-refractivity contribution is -0.144. The molecule has 1 amide bonds. The summed E-state index contributed by atoms with van der Waals surface area (Å²) in [6.07, 6.45) is -2.01. The molecule has 1 aromatic heterocycles. The van der Waals surface area contributed by atoms with Crippen LogP contribution in [0.1, 0.15) is 40.7 Å². The van der Waals surface area contributed by atoms with E-state index in [1.54, 1.807) is 6.07 Å². The maximum Gasteiger partial charge on any atom is 0.433 e. The summed E-state index contributed by atoms with van der Waals surface area (Å²) in [6, 6.07) is 3.59. The number of alkyl halides is 3. The number of hydrogen-bond acceptors (Lipinski definition) is 3. The minimum absolute atomic E-state index is 0.136. The van der Waals surface area contributed by atoms with Crippen molar-refractivity contribution >= 4 is 35.1 Å². The second-order valence-electron chi connectivity index (χ2n) is 7.85. The third-order valence-corrected chi connectivity index (χ3v) is 6.02. The van der Waals surface area contributed by atoms with Gasteiger partial charge in [-0.1, -0.05) is 35.3 Å². The molecule has 2 aromatic rings. The number of aliphatic carboxylic acids is 1. The van der Waals surface area contributed by atoms with Gasteiger partial charge in [0.25, 0.3) is 5.91 Å². The highest BCUT2D eigenvalue weighted by atomic mass is 35.5. The van der Waals surface area contributed by atoms with Crippen LogP contribution in [0.5, 0.6) is 0 Å². The van der Waals surface area contributed by atoms with Crippen molar-refractivity contribution in [3.05, 3.63) is 86.0 Å². The van der Waals surface area contributed by atoms with E-state index in [1.807, 2.05) is 0 Å². The van der Waals surface area contributed by atoms with Gasteiger partial charge in [0.1, 0.15) is 5.83 Å². The largest absolute Gasteiger partial charge is 0.478 e. The summed E-state index contributed by atoms with van der Waals surface area (Å²) < 4.78 is 56.3. The topological polar surface area (TPSA) is 84.2 Å². The Morgan fingerprint density at radius 1 is 1.23 bits per heavy atom. The average molecular weight is 532 g/mol. The Labute approximate surface area is 207 Å². The Balaban J connectivity index is 1.96. The summed E-state index contributed by atoms with van der Waals surface area (Å²) in [4.78, 5) is 24.2. The van der Waals surface area contributed by atoms with Crippen LogP contribution >= 0.6 is 23.2 Å². The number of benzene rings is 1. The van der Waals surface area contributed by atoms with Crippen LogP contribution < -0.4 is 5.32 Å². The molecule has 2 N–H and O–H groups in total. The van der Waals surface area contributed by atoms with Gasteiger partial charge in [0.05, 0.1) is 26.9 Å². The molecule has 0 aliphatic heterocycles. The third kappa shape index (κ3) is 6.12. The van der Waals surface area contributed by atoms with Crippen molar-refractivity contribution in [2.45, 2.75) is 32.0 Å². The molecule has 0 fully saturated rings. The van der Waals surface area contributed by atoms with E-state index in [0.29, 0.717) is 10.2 Å². The Kier molecular flexibility index (Phi) is 7.76. The molecule has 1 aromatic carbocycles. The van der Waals surface area contributed by atoms with E-state index in [9.17, 15) is 27.2 Å². The summed E-state index contributed by atoms with van der Waals surface area (Å²) in [5.41, 5.74) is -1.61. The fourth-order valence-corrected chi connectivity index (χ4v) is 3.94. The SMILES string of the molecule is CC(NC(=O)c1c(Cc2ccc(Cl)c(Cl)c2)nn(C)c1C(F)(F)F)C1=CC=C(C(=O)O)C=C(F)C1. The van der Waals surface area contributed by atoms with Crippen molar-refractivity contribution in [1.82, 2.24) is 15.1 Å². The predicted molar refractivity (Wildman–Crippen MR) is 122 cm³/mol. The van der Waals surface area contributed by atoms with Crippen LogP contribution in [0.2, 0.25) is 10.0 Å². The molecule has 1 atom stereocenters. The summed E-state index contributed by atoms with van der Waals surface area (Å²) >= 11 is 11.9. The molecule has 35 heavy (non-hydrogen) atoms. The van der Waals surface area contributed by atoms with Crippen LogP contribution in [0.25, 0.3) is 0 Å². The molecular weight excluding hydrogens is 513 g/mol. The Morgan fingerprint density at radius 3 is 2.51 bits per heavy atom. The number of carbonyl (C=O) groups excluding carboxylic acids is 1. The van der Waals surface area contributed by atoms with Gasteiger partial charge in [0.2, 0.25) is 0 Å². The molecule has 0 bridgehead atoms. The monoisotopic (exact) mass is 531 g/mol. The quantitative estimate of drug-likeness (QED) is 0.472. The van der Waals surface area contributed by atoms with Gasteiger partial charge in [0, 0.05) is 25.9 Å². The Morgan fingerprint density at radius 2 is 1.91 bits per heavy atom. The second kappa shape index (κ2) is 10.2. The molecular formula is C23H19Cl2F4N3O3. The number of aromatic nitrogens is 2. The summed E-state index contributed by atoms with van der Waals surface area (Å²) in [7, 11) is 1.08. The van der Waals surface area contributed by atoms with Crippen LogP contribution in [0, 0.1) is 0 Å². The smallest absolute Gasteiger partial charge is 0.433 e. The second-order valence-corrected chi connectivity index (χ2v) is 8.66. The van der Waals surface area contributed by atoms with Gasteiger partial charge in [-0.15, -0.1) is 0 Å². The van der Waals surface area contributed by atoms with Gasteiger partial charge in [-0.25, -0.2) is 9.18 Å². The van der Waals surface area contributed by atoms with Gasteiger partial charge >= 0.3 is 12.1 Å². The van der Waals surface area contributed by atoms with Crippen molar-refractivity contribution in [1.29, 1.82) is 0 Å². The van der Waals surface area contributed by atoms with Gasteiger partial charge in [-0.05, 0) is 42.3 Å². The first kappa shape index (κ1) is 26.5. The lowest BCUT2D eigenvalue weighted by Gasteiger charge is -2.18. The van der Waals surface area contributed by atoms with Crippen molar-refractivity contribution in [3.63, 3.8) is 0 Å². The normalized spacial score (nSPS) is 15.0. The zero-order chi connectivity index (χ0) is 26.1. The third-order valence-electron chi connectivity index (χ3n) is 5.28. The minimum atomic E-state index is -4.89. The number of carbonyl (C=O) groups is 2. The lowest BCUT2D eigenvalue weighted by Crippen LogP contribution is -2.35. The number of aryl methyl sites for hydroxylation is 1. The van der Waals surface area contributed by atoms with Gasteiger partial charge in [0.15, 0.2) is 5.69 Å². The first-order valence-corrected chi connectivity index (χ1v) is 10.9. The molecule has 1 unspecified atom stereocenters. The highest BCUT2D eigenvalue weighted by Gasteiger charge is 2.41. The van der Waals surface area contributed by atoms with Crippen LogP contribution in [-0.2, 0) is 24.4 Å². The van der Waals surface area contributed by atoms with E-state index in [-0.39, 0.29) is 39.7 Å². The molecule has 186 valence electrons. The molecule has 0 spiro atoms. The Hall–Kier alpha value is -3.11. The molecule has 6 nitrogen and oxygen atoms in total. The number of nitrogens with one attached hydrogen (secondary N) is 1. The first-order valence-electron chi connectivity index (χ1n) is 10.2. The van der Waals surface area contributed by atoms with Gasteiger partial charge < -0.3 is 10.4 Å². The summed E-state index contributed by atoms with van der Waals surface area (Å²) in [5.74, 6) is -3.17. The van der Waals surface area contributed by atoms with Crippen LogP contribution in [0.4, 0.5) is 17.6 Å². The molecule has 0 radical (unpaired) electrons. The van der Waals surface area contributed by atoms with Crippen LogP contribution in [-0.4, -0.2) is 32.8 Å².